The number of phenols is 1. The summed E-state index contributed by atoms with van der Waals surface area (Å²) in [5, 5.41) is 14.3. The largest absolute Gasteiger partial charge is 0.508 e. The average molecular weight is 478 g/mol. The number of urea groups is 1. The van der Waals surface area contributed by atoms with Crippen LogP contribution in [-0.2, 0) is 13.2 Å². The van der Waals surface area contributed by atoms with Crippen molar-refractivity contribution in [1.29, 1.82) is 0 Å². The molecule has 0 fully saturated rings. The molecule has 4 rings (SSSR count). The third-order valence-electron chi connectivity index (χ3n) is 4.53. The Morgan fingerprint density at radius 2 is 1.91 bits per heavy atom. The van der Waals surface area contributed by atoms with Gasteiger partial charge in [0.25, 0.3) is 0 Å². The van der Waals surface area contributed by atoms with Crippen LogP contribution in [0.5, 0.6) is 17.4 Å². The predicted octanol–water partition coefficient (Wildman–Crippen LogP) is 5.78. The van der Waals surface area contributed by atoms with Crippen molar-refractivity contribution in [3.8, 4) is 17.4 Å². The Kier molecular flexibility index (Phi) is 5.73. The van der Waals surface area contributed by atoms with Gasteiger partial charge in [0.05, 0.1) is 21.8 Å². The lowest BCUT2D eigenvalue weighted by molar-refractivity contribution is -0.137. The molecule has 0 bridgehead atoms. The smallest absolute Gasteiger partial charge is 0.416 e. The number of hydrogen-bond acceptors (Lipinski definition) is 5. The molecule has 0 spiro atoms. The molecule has 0 unspecified atom stereocenters. The maximum Gasteiger partial charge on any atom is 0.416 e. The number of benzene rings is 2. The molecule has 2 amide bonds. The molecule has 0 aliphatic rings. The summed E-state index contributed by atoms with van der Waals surface area (Å²) in [6.07, 6.45) is -1.50. The Balaban J connectivity index is 1.48. The molecule has 4 aromatic rings. The van der Waals surface area contributed by atoms with Gasteiger partial charge in [-0.05, 0) is 30.3 Å². The number of alkyl halides is 3. The van der Waals surface area contributed by atoms with E-state index in [0.29, 0.717) is 34.8 Å². The van der Waals surface area contributed by atoms with Crippen molar-refractivity contribution >= 4 is 40.0 Å². The first kappa shape index (κ1) is 22.2. The summed E-state index contributed by atoms with van der Waals surface area (Å²) in [6, 6.07) is 7.64. The number of nitrogens with one attached hydrogen (secondary N) is 2. The summed E-state index contributed by atoms with van der Waals surface area (Å²) in [7, 11) is 1.82. The van der Waals surface area contributed by atoms with Crippen LogP contribution in [0.15, 0.2) is 55.0 Å². The quantitative estimate of drug-likeness (QED) is 0.346. The Hall–Kier alpha value is -3.99. The number of rotatable bonds is 4. The summed E-state index contributed by atoms with van der Waals surface area (Å²) in [4.78, 5) is 20.5. The molecule has 3 N–H and O–H groups in total. The molecular formula is C21H15ClF3N5O3. The fraction of sp³-hybridized carbons (Fsp3) is 0.0952. The summed E-state index contributed by atoms with van der Waals surface area (Å²) in [5.74, 6) is 0.0121. The van der Waals surface area contributed by atoms with Crippen LogP contribution >= 0.6 is 11.6 Å². The third-order valence-corrected chi connectivity index (χ3v) is 4.84. The SMILES string of the molecule is Cn1ccc2ncnc(Oc3ccc(NC(=O)Nc4cc(O)cc(C(F)(F)F)c4)c(Cl)c3)c21. The van der Waals surface area contributed by atoms with E-state index in [9.17, 15) is 23.1 Å². The van der Waals surface area contributed by atoms with Crippen LogP contribution in [0.2, 0.25) is 5.02 Å². The van der Waals surface area contributed by atoms with E-state index in [-0.39, 0.29) is 16.4 Å². The van der Waals surface area contributed by atoms with E-state index < -0.39 is 23.5 Å². The van der Waals surface area contributed by atoms with Crippen molar-refractivity contribution < 1.29 is 27.8 Å². The lowest BCUT2D eigenvalue weighted by Gasteiger charge is -2.13. The van der Waals surface area contributed by atoms with Gasteiger partial charge in [-0.3, -0.25) is 0 Å². The van der Waals surface area contributed by atoms with Crippen LogP contribution in [-0.4, -0.2) is 25.7 Å². The number of anilines is 2. The van der Waals surface area contributed by atoms with E-state index >= 15 is 0 Å². The van der Waals surface area contributed by atoms with Crippen molar-refractivity contribution in [3.63, 3.8) is 0 Å². The van der Waals surface area contributed by atoms with E-state index in [4.69, 9.17) is 16.3 Å². The third kappa shape index (κ3) is 4.93. The predicted molar refractivity (Wildman–Crippen MR) is 116 cm³/mol. The first-order chi connectivity index (χ1) is 15.6. The molecule has 2 aromatic heterocycles. The number of hydrogen-bond donors (Lipinski definition) is 3. The zero-order valence-electron chi connectivity index (χ0n) is 16.8. The molecule has 0 saturated heterocycles. The van der Waals surface area contributed by atoms with E-state index in [2.05, 4.69) is 20.6 Å². The van der Waals surface area contributed by atoms with Crippen LogP contribution in [0.4, 0.5) is 29.3 Å². The summed E-state index contributed by atoms with van der Waals surface area (Å²) >= 11 is 6.23. The van der Waals surface area contributed by atoms with Crippen LogP contribution in [0, 0.1) is 0 Å². The summed E-state index contributed by atoms with van der Waals surface area (Å²) < 4.78 is 46.3. The number of carbonyl (C=O) groups is 1. The lowest BCUT2D eigenvalue weighted by atomic mass is 10.2. The highest BCUT2D eigenvalue weighted by Gasteiger charge is 2.31. The van der Waals surface area contributed by atoms with Crippen LogP contribution < -0.4 is 15.4 Å². The van der Waals surface area contributed by atoms with Crippen molar-refractivity contribution in [2.24, 2.45) is 7.05 Å². The van der Waals surface area contributed by atoms with Crippen LogP contribution in [0.3, 0.4) is 0 Å². The molecular weight excluding hydrogens is 463 g/mol. The van der Waals surface area contributed by atoms with Gasteiger partial charge in [0.15, 0.2) is 0 Å². The number of aryl methyl sites for hydroxylation is 1. The maximum atomic E-state index is 12.9. The molecule has 0 radical (unpaired) electrons. The average Bonchev–Trinajstić information content (AvgIpc) is 3.11. The highest BCUT2D eigenvalue weighted by molar-refractivity contribution is 6.34. The number of halogens is 4. The van der Waals surface area contributed by atoms with Crippen molar-refractivity contribution in [2.75, 3.05) is 10.6 Å². The van der Waals surface area contributed by atoms with Gasteiger partial charge in [-0.25, -0.2) is 9.78 Å². The van der Waals surface area contributed by atoms with E-state index in [1.54, 1.807) is 4.57 Å². The molecule has 0 aliphatic carbocycles. The molecule has 2 aromatic carbocycles. The van der Waals surface area contributed by atoms with Gasteiger partial charge in [-0.15, -0.1) is 0 Å². The summed E-state index contributed by atoms with van der Waals surface area (Å²) in [6.45, 7) is 0. The maximum absolute atomic E-state index is 12.9. The highest BCUT2D eigenvalue weighted by atomic mass is 35.5. The lowest BCUT2D eigenvalue weighted by Crippen LogP contribution is -2.20. The molecule has 12 heteroatoms. The van der Waals surface area contributed by atoms with Gasteiger partial charge in [-0.2, -0.15) is 18.2 Å². The van der Waals surface area contributed by atoms with E-state index in [1.807, 2.05) is 19.3 Å². The zero-order chi connectivity index (χ0) is 23.8. The fourth-order valence-electron chi connectivity index (χ4n) is 3.06. The van der Waals surface area contributed by atoms with Gasteiger partial charge >= 0.3 is 12.2 Å². The van der Waals surface area contributed by atoms with Gasteiger partial charge in [0.2, 0.25) is 5.88 Å². The topological polar surface area (TPSA) is 101 Å². The number of fused-ring (bicyclic) bond motifs is 1. The standard InChI is InChI=1S/C21H15ClF3N5O3/c1-30-5-4-17-18(30)19(27-10-26-17)33-14-2-3-16(15(22)9-14)29-20(32)28-12-6-11(21(23,24)25)7-13(31)8-12/h2-10,31H,1H3,(H2,28,29,32). The van der Waals surface area contributed by atoms with Crippen LogP contribution in [0.1, 0.15) is 5.56 Å². The van der Waals surface area contributed by atoms with Gasteiger partial charge < -0.3 is 25.0 Å². The van der Waals surface area contributed by atoms with Crippen molar-refractivity contribution in [2.45, 2.75) is 6.18 Å². The molecule has 0 aliphatic heterocycles. The zero-order valence-corrected chi connectivity index (χ0v) is 17.6. The van der Waals surface area contributed by atoms with Gasteiger partial charge in [0.1, 0.15) is 23.3 Å². The highest BCUT2D eigenvalue weighted by Crippen LogP contribution is 2.34. The Labute approximate surface area is 189 Å². The fourth-order valence-corrected chi connectivity index (χ4v) is 3.28. The number of aromatic nitrogens is 3. The van der Waals surface area contributed by atoms with E-state index in [0.717, 1.165) is 6.07 Å². The Bertz CT molecular complexity index is 1360. The molecule has 8 nitrogen and oxygen atoms in total. The number of aromatic hydroxyl groups is 1. The first-order valence-electron chi connectivity index (χ1n) is 9.33. The number of amides is 2. The molecule has 2 heterocycles. The van der Waals surface area contributed by atoms with Crippen LogP contribution in [0.25, 0.3) is 11.0 Å². The number of nitrogens with zero attached hydrogens (tertiary/aromatic N) is 3. The second-order valence-electron chi connectivity index (χ2n) is 6.93. The Morgan fingerprint density at radius 1 is 1.12 bits per heavy atom. The van der Waals surface area contributed by atoms with Gasteiger partial charge in [-0.1, -0.05) is 11.6 Å². The van der Waals surface area contributed by atoms with Gasteiger partial charge in [0, 0.05) is 31.1 Å². The second kappa shape index (κ2) is 8.51. The molecule has 0 saturated carbocycles. The number of ether oxygens (including phenoxy) is 1. The second-order valence-corrected chi connectivity index (χ2v) is 7.34. The van der Waals surface area contributed by atoms with Crippen molar-refractivity contribution in [1.82, 2.24) is 14.5 Å². The minimum absolute atomic E-state index is 0.117. The molecule has 33 heavy (non-hydrogen) atoms. The minimum atomic E-state index is -4.68. The summed E-state index contributed by atoms with van der Waals surface area (Å²) in [5.41, 5.74) is 0.216. The Morgan fingerprint density at radius 3 is 2.64 bits per heavy atom. The monoisotopic (exact) mass is 477 g/mol. The van der Waals surface area contributed by atoms with Crippen molar-refractivity contribution in [3.05, 3.63) is 65.6 Å². The minimum Gasteiger partial charge on any atom is -0.508 e. The first-order valence-corrected chi connectivity index (χ1v) is 9.70. The molecule has 0 atom stereocenters. The van der Waals surface area contributed by atoms with E-state index in [1.165, 1.54) is 24.5 Å². The molecule has 170 valence electrons. The normalized spacial score (nSPS) is 11.4. The number of phenolic OH excluding ortho intramolecular Hbond substituents is 1. The number of carbonyl (C=O) groups excluding carboxylic acids is 1.